The lowest BCUT2D eigenvalue weighted by Crippen LogP contribution is -2.54. The molecule has 0 radical (unpaired) electrons. The second-order valence-electron chi connectivity index (χ2n) is 8.28. The predicted octanol–water partition coefficient (Wildman–Crippen LogP) is 5.40. The summed E-state index contributed by atoms with van der Waals surface area (Å²) in [5, 5.41) is 5.28. The fourth-order valence-corrected chi connectivity index (χ4v) is 4.23. The van der Waals surface area contributed by atoms with Gasteiger partial charge in [-0.2, -0.15) is 0 Å². The molecule has 0 spiro atoms. The monoisotopic (exact) mass is 581 g/mol. The van der Waals surface area contributed by atoms with Crippen molar-refractivity contribution in [2.45, 2.75) is 13.8 Å². The summed E-state index contributed by atoms with van der Waals surface area (Å²) in [7, 11) is 0. The van der Waals surface area contributed by atoms with Crippen molar-refractivity contribution in [3.8, 4) is 5.75 Å². The van der Waals surface area contributed by atoms with E-state index < -0.39 is 17.8 Å². The first-order valence-corrected chi connectivity index (χ1v) is 12.3. The normalized spacial score (nSPS) is 14.5. The highest BCUT2D eigenvalue weighted by Gasteiger charge is 2.37. The van der Waals surface area contributed by atoms with Crippen LogP contribution >= 0.6 is 27.5 Å². The number of nitrogens with zero attached hydrogens (tertiary/aromatic N) is 1. The van der Waals surface area contributed by atoms with Crippen molar-refractivity contribution in [3.05, 3.63) is 92.4 Å². The number of aryl methyl sites for hydroxylation is 2. The third kappa shape index (κ3) is 6.07. The van der Waals surface area contributed by atoms with Gasteiger partial charge in [0, 0.05) is 20.7 Å². The minimum absolute atomic E-state index is 0.256. The molecule has 3 aromatic rings. The number of rotatable bonds is 6. The van der Waals surface area contributed by atoms with Gasteiger partial charge < -0.3 is 10.1 Å². The molecule has 4 rings (SSSR count). The maximum atomic E-state index is 13.3. The highest BCUT2D eigenvalue weighted by Crippen LogP contribution is 2.30. The molecule has 1 heterocycles. The summed E-state index contributed by atoms with van der Waals surface area (Å²) in [5.41, 5.74) is 2.58. The third-order valence-electron chi connectivity index (χ3n) is 5.45. The lowest BCUT2D eigenvalue weighted by molar-refractivity contribution is -0.122. The first kappa shape index (κ1) is 26.1. The number of imide groups is 2. The lowest BCUT2D eigenvalue weighted by atomic mass is 10.0. The molecule has 1 fully saturated rings. The number of benzene rings is 3. The van der Waals surface area contributed by atoms with E-state index >= 15 is 0 Å². The highest BCUT2D eigenvalue weighted by atomic mass is 79.9. The summed E-state index contributed by atoms with van der Waals surface area (Å²) >= 11 is 9.45. The van der Waals surface area contributed by atoms with Crippen molar-refractivity contribution >= 4 is 68.7 Å². The van der Waals surface area contributed by atoms with Gasteiger partial charge in [-0.05, 0) is 73.5 Å². The quantitative estimate of drug-likeness (QED) is 0.299. The molecule has 1 saturated heterocycles. The fourth-order valence-electron chi connectivity index (χ4n) is 3.68. The molecule has 0 unspecified atom stereocenters. The molecular weight excluding hydrogens is 562 g/mol. The zero-order valence-corrected chi connectivity index (χ0v) is 22.1. The van der Waals surface area contributed by atoms with Gasteiger partial charge in [-0.3, -0.25) is 19.7 Å². The van der Waals surface area contributed by atoms with Crippen molar-refractivity contribution in [3.63, 3.8) is 0 Å². The van der Waals surface area contributed by atoms with Crippen LogP contribution in [0.3, 0.4) is 0 Å². The van der Waals surface area contributed by atoms with Crippen molar-refractivity contribution in [1.29, 1.82) is 0 Å². The average Bonchev–Trinajstić information content (AvgIpc) is 2.83. The van der Waals surface area contributed by atoms with Crippen LogP contribution in [-0.4, -0.2) is 30.4 Å². The van der Waals surface area contributed by atoms with Gasteiger partial charge in [-0.25, -0.2) is 9.69 Å². The van der Waals surface area contributed by atoms with Gasteiger partial charge in [0.25, 0.3) is 17.7 Å². The van der Waals surface area contributed by atoms with Crippen molar-refractivity contribution in [2.24, 2.45) is 0 Å². The van der Waals surface area contributed by atoms with E-state index in [0.717, 1.165) is 10.5 Å². The molecule has 3 aromatic carbocycles. The lowest BCUT2D eigenvalue weighted by Gasteiger charge is -2.27. The van der Waals surface area contributed by atoms with Gasteiger partial charge >= 0.3 is 6.03 Å². The molecule has 1 aliphatic heterocycles. The van der Waals surface area contributed by atoms with E-state index in [4.69, 9.17) is 16.3 Å². The molecule has 188 valence electrons. The molecule has 2 N–H and O–H groups in total. The Morgan fingerprint density at radius 2 is 1.86 bits per heavy atom. The maximum Gasteiger partial charge on any atom is 0.335 e. The number of carbonyl (C=O) groups excluding carboxylic acids is 4. The predicted molar refractivity (Wildman–Crippen MR) is 145 cm³/mol. The topological polar surface area (TPSA) is 105 Å². The molecule has 0 bridgehead atoms. The highest BCUT2D eigenvalue weighted by molar-refractivity contribution is 9.10. The molecule has 5 amide bonds. The summed E-state index contributed by atoms with van der Waals surface area (Å²) < 4.78 is 6.37. The standard InChI is InChI=1S/C27H21BrClN3O5/c1-15-4-3-5-20(10-15)30-24(33)14-37-23-9-7-18(28)11-17(23)12-21-25(34)31-27(36)32(26(21)35)22-13-19(29)8-6-16(22)2/h3-13H,14H2,1-2H3,(H,30,33)(H,31,34,36)/b21-12+. The molecule has 0 aromatic heterocycles. The molecule has 10 heteroatoms. The molecule has 8 nitrogen and oxygen atoms in total. The van der Waals surface area contributed by atoms with Crippen molar-refractivity contribution in [2.75, 3.05) is 16.8 Å². The Morgan fingerprint density at radius 1 is 1.08 bits per heavy atom. The van der Waals surface area contributed by atoms with Crippen LogP contribution in [0.15, 0.2) is 70.7 Å². The van der Waals surface area contributed by atoms with E-state index in [2.05, 4.69) is 26.6 Å². The Morgan fingerprint density at radius 3 is 2.62 bits per heavy atom. The maximum absolute atomic E-state index is 13.3. The van der Waals surface area contributed by atoms with Crippen molar-refractivity contribution < 1.29 is 23.9 Å². The Kier molecular flexibility index (Phi) is 7.75. The SMILES string of the molecule is Cc1cccc(NC(=O)COc2ccc(Br)cc2/C=C2\C(=O)NC(=O)N(c3cc(Cl)ccc3C)C2=O)c1. The van der Waals surface area contributed by atoms with E-state index in [9.17, 15) is 19.2 Å². The van der Waals surface area contributed by atoms with Gasteiger partial charge in [-0.1, -0.05) is 45.7 Å². The van der Waals surface area contributed by atoms with Crippen LogP contribution in [0.1, 0.15) is 16.7 Å². The number of halogens is 2. The fraction of sp³-hybridized carbons (Fsp3) is 0.111. The Hall–Kier alpha value is -3.95. The van der Waals surface area contributed by atoms with E-state index in [1.54, 1.807) is 43.3 Å². The van der Waals surface area contributed by atoms with Crippen LogP contribution in [-0.2, 0) is 14.4 Å². The minimum atomic E-state index is -0.879. The number of hydrogen-bond donors (Lipinski definition) is 2. The Balaban J connectivity index is 1.61. The molecule has 0 atom stereocenters. The van der Waals surface area contributed by atoms with Crippen LogP contribution in [0.5, 0.6) is 5.75 Å². The van der Waals surface area contributed by atoms with Gasteiger partial charge in [0.1, 0.15) is 11.3 Å². The van der Waals surface area contributed by atoms with Crippen LogP contribution < -0.4 is 20.3 Å². The van der Waals surface area contributed by atoms with Crippen LogP contribution in [0.4, 0.5) is 16.2 Å². The van der Waals surface area contributed by atoms with E-state index in [1.807, 2.05) is 25.1 Å². The van der Waals surface area contributed by atoms with Gasteiger partial charge in [0.15, 0.2) is 6.61 Å². The molecule has 0 saturated carbocycles. The Bertz CT molecular complexity index is 1470. The largest absolute Gasteiger partial charge is 0.483 e. The summed E-state index contributed by atoms with van der Waals surface area (Å²) in [5.74, 6) is -1.79. The number of nitrogens with one attached hydrogen (secondary N) is 2. The van der Waals surface area contributed by atoms with E-state index in [1.165, 1.54) is 12.1 Å². The van der Waals surface area contributed by atoms with Gasteiger partial charge in [0.05, 0.1) is 5.69 Å². The number of barbiturate groups is 1. The Labute approximate surface area is 226 Å². The molecule has 0 aliphatic carbocycles. The zero-order chi connectivity index (χ0) is 26.7. The second kappa shape index (κ2) is 11.0. The molecule has 1 aliphatic rings. The first-order chi connectivity index (χ1) is 17.6. The van der Waals surface area contributed by atoms with Crippen molar-refractivity contribution in [1.82, 2.24) is 5.32 Å². The zero-order valence-electron chi connectivity index (χ0n) is 19.8. The van der Waals surface area contributed by atoms with Gasteiger partial charge in [0.2, 0.25) is 0 Å². The summed E-state index contributed by atoms with van der Waals surface area (Å²) in [6, 6.07) is 16.2. The number of urea groups is 1. The second-order valence-corrected chi connectivity index (χ2v) is 9.63. The number of ether oxygens (including phenoxy) is 1. The van der Waals surface area contributed by atoms with Crippen LogP contribution in [0.2, 0.25) is 5.02 Å². The number of anilines is 2. The van der Waals surface area contributed by atoms with Gasteiger partial charge in [-0.15, -0.1) is 0 Å². The average molecular weight is 583 g/mol. The van der Waals surface area contributed by atoms with Crippen LogP contribution in [0, 0.1) is 13.8 Å². The molecular formula is C27H21BrClN3O5. The summed E-state index contributed by atoms with van der Waals surface area (Å²) in [6.45, 7) is 3.32. The number of carbonyl (C=O) groups is 4. The van der Waals surface area contributed by atoms with E-state index in [-0.39, 0.29) is 29.5 Å². The first-order valence-electron chi connectivity index (χ1n) is 11.1. The molecule has 37 heavy (non-hydrogen) atoms. The smallest absolute Gasteiger partial charge is 0.335 e. The number of hydrogen-bond acceptors (Lipinski definition) is 5. The summed E-state index contributed by atoms with van der Waals surface area (Å²) in [6.07, 6.45) is 1.32. The third-order valence-corrected chi connectivity index (χ3v) is 6.17. The van der Waals surface area contributed by atoms with E-state index in [0.29, 0.717) is 26.3 Å². The number of amides is 5. The minimum Gasteiger partial charge on any atom is -0.483 e. The van der Waals surface area contributed by atoms with Crippen LogP contribution in [0.25, 0.3) is 6.08 Å². The summed E-state index contributed by atoms with van der Waals surface area (Å²) in [4.78, 5) is 51.8.